The predicted octanol–water partition coefficient (Wildman–Crippen LogP) is 2.80. The van der Waals surface area contributed by atoms with Crippen LogP contribution in [0.15, 0.2) is 24.3 Å². The number of benzene rings is 1. The van der Waals surface area contributed by atoms with Crippen molar-refractivity contribution in [2.24, 2.45) is 7.05 Å². The third kappa shape index (κ3) is 2.12. The lowest BCUT2D eigenvalue weighted by molar-refractivity contribution is 0.0810. The van der Waals surface area contributed by atoms with E-state index in [0.29, 0.717) is 6.42 Å². The van der Waals surface area contributed by atoms with Gasteiger partial charge in [0, 0.05) is 30.1 Å². The van der Waals surface area contributed by atoms with Crippen LogP contribution in [-0.2, 0) is 13.5 Å². The van der Waals surface area contributed by atoms with Crippen LogP contribution in [0, 0.1) is 6.92 Å². The average Bonchev–Trinajstić information content (AvgIpc) is 2.40. The van der Waals surface area contributed by atoms with Crippen molar-refractivity contribution in [3.8, 4) is 0 Å². The molecular formula is C14H19NO. The summed E-state index contributed by atoms with van der Waals surface area (Å²) in [5.74, 6) is 0. The van der Waals surface area contributed by atoms with Gasteiger partial charge in [0.1, 0.15) is 0 Å². The van der Waals surface area contributed by atoms with Gasteiger partial charge in [-0.25, -0.2) is 0 Å². The third-order valence-corrected chi connectivity index (χ3v) is 2.98. The molecule has 0 saturated heterocycles. The van der Waals surface area contributed by atoms with E-state index in [1.807, 2.05) is 13.8 Å². The minimum absolute atomic E-state index is 0.641. The van der Waals surface area contributed by atoms with Gasteiger partial charge in [-0.15, -0.1) is 0 Å². The van der Waals surface area contributed by atoms with E-state index in [1.54, 1.807) is 0 Å². The van der Waals surface area contributed by atoms with Crippen molar-refractivity contribution in [1.29, 1.82) is 0 Å². The number of aliphatic hydroxyl groups is 1. The molecule has 2 rings (SSSR count). The Balaban J connectivity index is 2.45. The number of aryl methyl sites for hydroxylation is 2. The summed E-state index contributed by atoms with van der Waals surface area (Å²) in [4.78, 5) is 0. The largest absolute Gasteiger partial charge is 0.390 e. The fourth-order valence-electron chi connectivity index (χ4n) is 2.15. The van der Waals surface area contributed by atoms with Crippen LogP contribution >= 0.6 is 0 Å². The van der Waals surface area contributed by atoms with Crippen LogP contribution in [0.1, 0.15) is 25.1 Å². The van der Waals surface area contributed by atoms with Gasteiger partial charge in [0.2, 0.25) is 0 Å². The Morgan fingerprint density at radius 3 is 2.56 bits per heavy atom. The Kier molecular flexibility index (Phi) is 2.55. The molecule has 86 valence electrons. The highest BCUT2D eigenvalue weighted by molar-refractivity contribution is 5.82. The Morgan fingerprint density at radius 2 is 1.94 bits per heavy atom. The van der Waals surface area contributed by atoms with E-state index in [2.05, 4.69) is 42.8 Å². The molecule has 0 atom stereocenters. The van der Waals surface area contributed by atoms with Gasteiger partial charge in [0.05, 0.1) is 5.60 Å². The summed E-state index contributed by atoms with van der Waals surface area (Å²) in [6.45, 7) is 5.79. The van der Waals surface area contributed by atoms with Crippen LogP contribution in [0.25, 0.3) is 10.9 Å². The molecule has 0 aliphatic rings. The molecule has 0 saturated carbocycles. The first-order chi connectivity index (χ1) is 7.37. The van der Waals surface area contributed by atoms with E-state index < -0.39 is 5.60 Å². The quantitative estimate of drug-likeness (QED) is 0.822. The highest BCUT2D eigenvalue weighted by Crippen LogP contribution is 2.22. The smallest absolute Gasteiger partial charge is 0.0631 e. The van der Waals surface area contributed by atoms with Gasteiger partial charge in [0.15, 0.2) is 0 Å². The van der Waals surface area contributed by atoms with E-state index in [9.17, 15) is 5.11 Å². The summed E-state index contributed by atoms with van der Waals surface area (Å²) in [5.41, 5.74) is 3.05. The Bertz CT molecular complexity index is 517. The van der Waals surface area contributed by atoms with E-state index in [0.717, 1.165) is 0 Å². The zero-order chi connectivity index (χ0) is 11.9. The SMILES string of the molecule is Cc1cc2cc(CC(C)(C)O)ccc2n1C. The summed E-state index contributed by atoms with van der Waals surface area (Å²) in [6, 6.07) is 8.58. The van der Waals surface area contributed by atoms with Crippen molar-refractivity contribution in [1.82, 2.24) is 4.57 Å². The molecule has 0 radical (unpaired) electrons. The van der Waals surface area contributed by atoms with Crippen molar-refractivity contribution < 1.29 is 5.11 Å². The number of fused-ring (bicyclic) bond motifs is 1. The fourth-order valence-corrected chi connectivity index (χ4v) is 2.15. The molecule has 1 heterocycles. The van der Waals surface area contributed by atoms with Crippen LogP contribution in [-0.4, -0.2) is 15.3 Å². The molecule has 0 fully saturated rings. The van der Waals surface area contributed by atoms with Crippen LogP contribution in [0.4, 0.5) is 0 Å². The normalized spacial score (nSPS) is 12.3. The second-order valence-corrected chi connectivity index (χ2v) is 5.23. The first-order valence-corrected chi connectivity index (χ1v) is 5.64. The second kappa shape index (κ2) is 3.63. The molecule has 0 unspecified atom stereocenters. The maximum absolute atomic E-state index is 9.80. The number of rotatable bonds is 2. The lowest BCUT2D eigenvalue weighted by Crippen LogP contribution is -2.21. The Morgan fingerprint density at radius 1 is 1.25 bits per heavy atom. The Labute approximate surface area is 96.5 Å². The number of aromatic nitrogens is 1. The molecular weight excluding hydrogens is 198 g/mol. The first kappa shape index (κ1) is 11.2. The van der Waals surface area contributed by atoms with E-state index in [4.69, 9.17) is 0 Å². The van der Waals surface area contributed by atoms with Crippen LogP contribution in [0.5, 0.6) is 0 Å². The van der Waals surface area contributed by atoms with Crippen molar-refractivity contribution in [3.63, 3.8) is 0 Å². The summed E-state index contributed by atoms with van der Waals surface area (Å²) in [6.07, 6.45) is 0.691. The van der Waals surface area contributed by atoms with Gasteiger partial charge in [-0.2, -0.15) is 0 Å². The maximum atomic E-state index is 9.80. The van der Waals surface area contributed by atoms with Crippen LogP contribution in [0.2, 0.25) is 0 Å². The predicted molar refractivity (Wildman–Crippen MR) is 67.7 cm³/mol. The van der Waals surface area contributed by atoms with Crippen LogP contribution < -0.4 is 0 Å². The summed E-state index contributed by atoms with van der Waals surface area (Å²) in [5, 5.41) is 11.0. The molecule has 0 spiro atoms. The topological polar surface area (TPSA) is 25.2 Å². The van der Waals surface area contributed by atoms with Gasteiger partial charge in [-0.3, -0.25) is 0 Å². The molecule has 1 aromatic carbocycles. The zero-order valence-corrected chi connectivity index (χ0v) is 10.4. The first-order valence-electron chi connectivity index (χ1n) is 5.64. The van der Waals surface area contributed by atoms with Crippen LogP contribution in [0.3, 0.4) is 0 Å². The number of hydrogen-bond acceptors (Lipinski definition) is 1. The zero-order valence-electron chi connectivity index (χ0n) is 10.4. The van der Waals surface area contributed by atoms with Gasteiger partial charge in [-0.05, 0) is 44.5 Å². The van der Waals surface area contributed by atoms with Crippen molar-refractivity contribution in [2.75, 3.05) is 0 Å². The van der Waals surface area contributed by atoms with Crippen molar-refractivity contribution in [3.05, 3.63) is 35.5 Å². The lowest BCUT2D eigenvalue weighted by Gasteiger charge is -2.16. The fraction of sp³-hybridized carbons (Fsp3) is 0.429. The molecule has 1 N–H and O–H groups in total. The molecule has 2 heteroatoms. The highest BCUT2D eigenvalue weighted by atomic mass is 16.3. The summed E-state index contributed by atoms with van der Waals surface area (Å²) < 4.78 is 2.18. The second-order valence-electron chi connectivity index (χ2n) is 5.23. The minimum atomic E-state index is -0.641. The van der Waals surface area contributed by atoms with Crippen molar-refractivity contribution in [2.45, 2.75) is 32.8 Å². The molecule has 2 nitrogen and oxygen atoms in total. The van der Waals surface area contributed by atoms with E-state index in [1.165, 1.54) is 22.2 Å². The van der Waals surface area contributed by atoms with E-state index in [-0.39, 0.29) is 0 Å². The molecule has 16 heavy (non-hydrogen) atoms. The average molecular weight is 217 g/mol. The third-order valence-electron chi connectivity index (χ3n) is 2.98. The van der Waals surface area contributed by atoms with E-state index >= 15 is 0 Å². The van der Waals surface area contributed by atoms with Gasteiger partial charge in [0.25, 0.3) is 0 Å². The molecule has 1 aromatic heterocycles. The number of hydrogen-bond donors (Lipinski definition) is 1. The number of nitrogens with zero attached hydrogens (tertiary/aromatic N) is 1. The minimum Gasteiger partial charge on any atom is -0.390 e. The van der Waals surface area contributed by atoms with Gasteiger partial charge < -0.3 is 9.67 Å². The monoisotopic (exact) mass is 217 g/mol. The molecule has 2 aromatic rings. The van der Waals surface area contributed by atoms with Crippen molar-refractivity contribution >= 4 is 10.9 Å². The molecule has 0 aliphatic heterocycles. The van der Waals surface area contributed by atoms with Gasteiger partial charge >= 0.3 is 0 Å². The molecule has 0 aliphatic carbocycles. The standard InChI is InChI=1S/C14H19NO/c1-10-7-12-8-11(9-14(2,3)16)5-6-13(12)15(10)4/h5-8,16H,9H2,1-4H3. The molecule has 0 amide bonds. The highest BCUT2D eigenvalue weighted by Gasteiger charge is 2.14. The Hall–Kier alpha value is -1.28. The summed E-state index contributed by atoms with van der Waals surface area (Å²) in [7, 11) is 2.08. The molecule has 0 bridgehead atoms. The summed E-state index contributed by atoms with van der Waals surface area (Å²) >= 11 is 0. The maximum Gasteiger partial charge on any atom is 0.0631 e. The van der Waals surface area contributed by atoms with Gasteiger partial charge in [-0.1, -0.05) is 6.07 Å². The lowest BCUT2D eigenvalue weighted by atomic mass is 9.98.